The molecule has 1 aliphatic carbocycles. The van der Waals surface area contributed by atoms with Crippen molar-refractivity contribution in [2.45, 2.75) is 29.8 Å². The van der Waals surface area contributed by atoms with Crippen LogP contribution in [0.4, 0.5) is 43.4 Å². The van der Waals surface area contributed by atoms with E-state index in [0.717, 1.165) is 30.0 Å². The monoisotopic (exact) mass is 711 g/mol. The molecule has 3 N–H and O–H groups in total. The van der Waals surface area contributed by atoms with Gasteiger partial charge in [0.15, 0.2) is 5.82 Å². The maximum absolute atomic E-state index is 15.1. The standard InChI is InChI=1S/C29H22Cl3F6N3O3S/c1-2-45-10-9-21(42)41-25-19(34)7-8-20(24(25)35)40-26(43)15-12-14(4-5-17(15)30)39-27(44)23-22(28(23,31)32)13-3-6-18(33)16(11-13)29(36,37)38/h3-8,11-12,22-23H,2,9-10H2,1H3,(H,39,44)(H,40,43)(H,41,42)/t22?,23-/m1/s1. The van der Waals surface area contributed by atoms with Crippen molar-refractivity contribution in [1.29, 1.82) is 0 Å². The van der Waals surface area contributed by atoms with Gasteiger partial charge in [-0.15, -0.1) is 23.2 Å². The minimum atomic E-state index is -4.99. The lowest BCUT2D eigenvalue weighted by Gasteiger charge is -2.13. The first kappa shape index (κ1) is 34.7. The van der Waals surface area contributed by atoms with E-state index < -0.39 is 74.5 Å². The summed E-state index contributed by atoms with van der Waals surface area (Å²) in [5, 5.41) is 6.74. The lowest BCUT2D eigenvalue weighted by atomic mass is 10.0. The molecule has 0 aliphatic heterocycles. The molecular formula is C29H22Cl3F6N3O3S. The molecule has 240 valence electrons. The Bertz CT molecular complexity index is 1660. The summed E-state index contributed by atoms with van der Waals surface area (Å²) in [7, 11) is 0. The quantitative estimate of drug-likeness (QED) is 0.112. The van der Waals surface area contributed by atoms with E-state index in [0.29, 0.717) is 17.9 Å². The number of alkyl halides is 5. The number of hydrogen-bond donors (Lipinski definition) is 3. The molecule has 1 fully saturated rings. The van der Waals surface area contributed by atoms with E-state index >= 15 is 4.39 Å². The van der Waals surface area contributed by atoms with Gasteiger partial charge in [-0.05, 0) is 53.8 Å². The van der Waals surface area contributed by atoms with Crippen molar-refractivity contribution in [2.24, 2.45) is 5.92 Å². The average molecular weight is 713 g/mol. The van der Waals surface area contributed by atoms with Crippen LogP contribution in [0.2, 0.25) is 5.02 Å². The fraction of sp³-hybridized carbons (Fsp3) is 0.276. The fourth-order valence-electron chi connectivity index (χ4n) is 4.48. The van der Waals surface area contributed by atoms with Crippen LogP contribution >= 0.6 is 46.6 Å². The van der Waals surface area contributed by atoms with Crippen LogP contribution in [0.15, 0.2) is 48.5 Å². The molecule has 0 aromatic heterocycles. The third-order valence-electron chi connectivity index (χ3n) is 6.75. The van der Waals surface area contributed by atoms with Gasteiger partial charge in [0.05, 0.1) is 27.8 Å². The Hall–Kier alpha value is -3.13. The summed E-state index contributed by atoms with van der Waals surface area (Å²) < 4.78 is 80.9. The second-order valence-corrected chi connectivity index (χ2v) is 13.0. The van der Waals surface area contributed by atoms with E-state index in [2.05, 4.69) is 16.0 Å². The molecule has 6 nitrogen and oxygen atoms in total. The zero-order chi connectivity index (χ0) is 33.3. The van der Waals surface area contributed by atoms with Gasteiger partial charge in [0.1, 0.15) is 21.7 Å². The lowest BCUT2D eigenvalue weighted by Crippen LogP contribution is -2.19. The SMILES string of the molecule is CCSCCC(=O)Nc1c(F)ccc(NC(=O)c2cc(NC(=O)[C@H]3C(c4ccc(F)c(C(F)(F)F)c4)C3(Cl)Cl)ccc2Cl)c1F. The number of amides is 3. The van der Waals surface area contributed by atoms with E-state index in [-0.39, 0.29) is 28.3 Å². The molecule has 1 aliphatic rings. The Labute approximate surface area is 272 Å². The molecule has 2 atom stereocenters. The Kier molecular flexibility index (Phi) is 10.6. The number of hydrogen-bond acceptors (Lipinski definition) is 4. The molecule has 16 heteroatoms. The number of rotatable bonds is 10. The molecule has 1 saturated carbocycles. The van der Waals surface area contributed by atoms with Crippen LogP contribution in [0.3, 0.4) is 0 Å². The molecule has 45 heavy (non-hydrogen) atoms. The first-order valence-corrected chi connectivity index (χ1v) is 15.4. The van der Waals surface area contributed by atoms with Crippen LogP contribution in [0.1, 0.15) is 40.7 Å². The highest BCUT2D eigenvalue weighted by Gasteiger charge is 2.67. The number of thioether (sulfide) groups is 1. The normalized spacial score (nSPS) is 17.0. The van der Waals surface area contributed by atoms with Crippen molar-refractivity contribution in [1.82, 2.24) is 0 Å². The van der Waals surface area contributed by atoms with E-state index in [1.54, 1.807) is 0 Å². The largest absolute Gasteiger partial charge is 0.419 e. The van der Waals surface area contributed by atoms with Gasteiger partial charge in [-0.1, -0.05) is 24.6 Å². The first-order valence-electron chi connectivity index (χ1n) is 13.1. The number of carbonyl (C=O) groups is 3. The van der Waals surface area contributed by atoms with Crippen molar-refractivity contribution < 1.29 is 40.7 Å². The summed E-state index contributed by atoms with van der Waals surface area (Å²) in [4.78, 5) is 38.2. The van der Waals surface area contributed by atoms with E-state index in [4.69, 9.17) is 34.8 Å². The van der Waals surface area contributed by atoms with Gasteiger partial charge in [0.2, 0.25) is 11.8 Å². The third-order valence-corrected chi connectivity index (χ3v) is 8.92. The molecule has 0 heterocycles. The zero-order valence-electron chi connectivity index (χ0n) is 22.9. The summed E-state index contributed by atoms with van der Waals surface area (Å²) >= 11 is 20.1. The summed E-state index contributed by atoms with van der Waals surface area (Å²) in [6.45, 7) is 1.89. The number of anilines is 3. The molecular weight excluding hydrogens is 691 g/mol. The summed E-state index contributed by atoms with van der Waals surface area (Å²) in [6.07, 6.45) is -4.98. The maximum Gasteiger partial charge on any atom is 0.419 e. The number of nitrogens with one attached hydrogen (secondary N) is 3. The van der Waals surface area contributed by atoms with Crippen molar-refractivity contribution in [3.63, 3.8) is 0 Å². The van der Waals surface area contributed by atoms with Crippen LogP contribution in [0.5, 0.6) is 0 Å². The highest BCUT2D eigenvalue weighted by molar-refractivity contribution is 7.99. The maximum atomic E-state index is 15.1. The van der Waals surface area contributed by atoms with Crippen molar-refractivity contribution in [2.75, 3.05) is 27.5 Å². The average Bonchev–Trinajstić information content (AvgIpc) is 3.55. The van der Waals surface area contributed by atoms with Crippen LogP contribution in [-0.2, 0) is 15.8 Å². The van der Waals surface area contributed by atoms with Gasteiger partial charge >= 0.3 is 6.18 Å². The summed E-state index contributed by atoms with van der Waals surface area (Å²) in [5.74, 6) is -7.37. The smallest absolute Gasteiger partial charge is 0.326 e. The Morgan fingerprint density at radius 2 is 1.62 bits per heavy atom. The molecule has 3 amide bonds. The lowest BCUT2D eigenvalue weighted by molar-refractivity contribution is -0.140. The second kappa shape index (κ2) is 13.7. The highest BCUT2D eigenvalue weighted by atomic mass is 35.5. The zero-order valence-corrected chi connectivity index (χ0v) is 26.0. The fourth-order valence-corrected chi connectivity index (χ4v) is 6.13. The summed E-state index contributed by atoms with van der Waals surface area (Å²) in [6, 6.07) is 7.65. The Morgan fingerprint density at radius 1 is 0.933 bits per heavy atom. The minimum absolute atomic E-state index is 0.00287. The van der Waals surface area contributed by atoms with Gasteiger partial charge in [-0.2, -0.15) is 24.9 Å². The number of benzene rings is 3. The van der Waals surface area contributed by atoms with Gasteiger partial charge < -0.3 is 16.0 Å². The molecule has 0 saturated heterocycles. The molecule has 3 aromatic carbocycles. The van der Waals surface area contributed by atoms with Gasteiger partial charge in [0, 0.05) is 23.8 Å². The molecule has 0 bridgehead atoms. The van der Waals surface area contributed by atoms with Crippen LogP contribution in [0, 0.1) is 23.4 Å². The van der Waals surface area contributed by atoms with Crippen LogP contribution in [0.25, 0.3) is 0 Å². The van der Waals surface area contributed by atoms with Crippen LogP contribution < -0.4 is 16.0 Å². The second-order valence-electron chi connectivity index (χ2n) is 9.78. The van der Waals surface area contributed by atoms with Gasteiger partial charge in [0.25, 0.3) is 5.91 Å². The summed E-state index contributed by atoms with van der Waals surface area (Å²) in [5.41, 5.74) is -3.12. The van der Waals surface area contributed by atoms with E-state index in [1.165, 1.54) is 23.9 Å². The number of halogens is 9. The Balaban J connectivity index is 1.49. The predicted octanol–water partition coefficient (Wildman–Crippen LogP) is 8.64. The van der Waals surface area contributed by atoms with E-state index in [1.807, 2.05) is 6.92 Å². The van der Waals surface area contributed by atoms with E-state index in [9.17, 15) is 36.3 Å². The van der Waals surface area contributed by atoms with Crippen molar-refractivity contribution >= 4 is 81.3 Å². The minimum Gasteiger partial charge on any atom is -0.326 e. The molecule has 0 spiro atoms. The Morgan fingerprint density at radius 3 is 2.29 bits per heavy atom. The van der Waals surface area contributed by atoms with Crippen molar-refractivity contribution in [3.8, 4) is 0 Å². The topological polar surface area (TPSA) is 87.3 Å². The van der Waals surface area contributed by atoms with Crippen LogP contribution in [-0.4, -0.2) is 33.6 Å². The number of carbonyl (C=O) groups excluding carboxylic acids is 3. The molecule has 3 aromatic rings. The molecule has 4 rings (SSSR count). The van der Waals surface area contributed by atoms with Gasteiger partial charge in [-0.25, -0.2) is 13.2 Å². The highest BCUT2D eigenvalue weighted by Crippen LogP contribution is 2.65. The third kappa shape index (κ3) is 7.82. The van der Waals surface area contributed by atoms with Crippen molar-refractivity contribution in [3.05, 3.63) is 87.7 Å². The predicted molar refractivity (Wildman–Crippen MR) is 163 cm³/mol. The molecule has 1 unspecified atom stereocenters. The van der Waals surface area contributed by atoms with Gasteiger partial charge in [-0.3, -0.25) is 14.4 Å². The first-order chi connectivity index (χ1) is 21.1. The molecule has 0 radical (unpaired) electrons.